The molecule has 3 aromatic heterocycles. The zero-order valence-corrected chi connectivity index (χ0v) is 21.8. The van der Waals surface area contributed by atoms with Crippen molar-refractivity contribution in [3.63, 3.8) is 0 Å². The molecule has 0 aliphatic rings. The molecular weight excluding hydrogens is 490 g/mol. The van der Waals surface area contributed by atoms with Gasteiger partial charge in [-0.05, 0) is 36.6 Å². The monoisotopic (exact) mass is 517 g/mol. The largest absolute Gasteiger partial charge is 0.480 e. The van der Waals surface area contributed by atoms with Crippen molar-refractivity contribution in [2.45, 2.75) is 13.0 Å². The molecule has 0 bridgehead atoms. The SMILES string of the molecule is C=C(NC(C)c1cc2cccc(C#Cc3cnn(C)c3)c2c(=O)n1-c1ccccc1)c1ncc(OC)nc1N. The van der Waals surface area contributed by atoms with Crippen LogP contribution in [-0.4, -0.2) is 31.4 Å². The summed E-state index contributed by atoms with van der Waals surface area (Å²) >= 11 is 0. The van der Waals surface area contributed by atoms with Crippen LogP contribution in [0.1, 0.15) is 35.5 Å². The van der Waals surface area contributed by atoms with Crippen LogP contribution >= 0.6 is 0 Å². The highest BCUT2D eigenvalue weighted by atomic mass is 16.5. The molecule has 194 valence electrons. The summed E-state index contributed by atoms with van der Waals surface area (Å²) < 4.78 is 8.49. The number of para-hydroxylation sites is 1. The minimum atomic E-state index is -0.344. The molecular formula is C30H27N7O2. The molecule has 9 nitrogen and oxygen atoms in total. The van der Waals surface area contributed by atoms with Crippen LogP contribution in [-0.2, 0) is 7.05 Å². The number of fused-ring (bicyclic) bond motifs is 1. The van der Waals surface area contributed by atoms with Crippen molar-refractivity contribution >= 4 is 22.3 Å². The van der Waals surface area contributed by atoms with Crippen LogP contribution in [0.15, 0.2) is 84.6 Å². The van der Waals surface area contributed by atoms with Crippen LogP contribution in [0.2, 0.25) is 0 Å². The van der Waals surface area contributed by atoms with E-state index in [1.807, 2.05) is 74.8 Å². The number of ether oxygens (including phenoxy) is 1. The van der Waals surface area contributed by atoms with Gasteiger partial charge in [-0.15, -0.1) is 0 Å². The maximum Gasteiger partial charge on any atom is 0.264 e. The van der Waals surface area contributed by atoms with Crippen LogP contribution in [0.3, 0.4) is 0 Å². The first-order valence-electron chi connectivity index (χ1n) is 12.2. The number of methoxy groups -OCH3 is 1. The molecule has 0 aliphatic carbocycles. The third kappa shape index (κ3) is 5.08. The second-order valence-corrected chi connectivity index (χ2v) is 8.96. The maximum absolute atomic E-state index is 14.1. The Hall–Kier alpha value is -5.36. The highest BCUT2D eigenvalue weighted by molar-refractivity contribution is 5.88. The summed E-state index contributed by atoms with van der Waals surface area (Å²) in [7, 11) is 3.33. The van der Waals surface area contributed by atoms with Gasteiger partial charge in [-0.3, -0.25) is 14.0 Å². The van der Waals surface area contributed by atoms with Gasteiger partial charge in [0.25, 0.3) is 5.56 Å². The predicted molar refractivity (Wildman–Crippen MR) is 152 cm³/mol. The molecule has 0 radical (unpaired) electrons. The predicted octanol–water partition coefficient (Wildman–Crippen LogP) is 3.83. The van der Waals surface area contributed by atoms with Gasteiger partial charge in [0.1, 0.15) is 5.69 Å². The molecule has 0 aliphatic heterocycles. The third-order valence-corrected chi connectivity index (χ3v) is 6.24. The van der Waals surface area contributed by atoms with Crippen LogP contribution in [0.4, 0.5) is 5.82 Å². The number of rotatable bonds is 6. The number of nitrogens with one attached hydrogen (secondary N) is 1. The number of nitrogen functional groups attached to an aromatic ring is 1. The van der Waals surface area contributed by atoms with E-state index in [1.165, 1.54) is 13.3 Å². The Bertz CT molecular complexity index is 1810. The van der Waals surface area contributed by atoms with E-state index in [9.17, 15) is 4.79 Å². The van der Waals surface area contributed by atoms with Gasteiger partial charge in [-0.1, -0.05) is 48.8 Å². The summed E-state index contributed by atoms with van der Waals surface area (Å²) in [5, 5.41) is 8.83. The van der Waals surface area contributed by atoms with Gasteiger partial charge in [0, 0.05) is 30.2 Å². The molecule has 1 unspecified atom stereocenters. The summed E-state index contributed by atoms with van der Waals surface area (Å²) in [6.45, 7) is 6.06. The molecule has 0 spiro atoms. The smallest absolute Gasteiger partial charge is 0.264 e. The minimum absolute atomic E-state index is 0.173. The van der Waals surface area contributed by atoms with Gasteiger partial charge in [-0.25, -0.2) is 4.98 Å². The zero-order valence-electron chi connectivity index (χ0n) is 21.8. The molecule has 9 heteroatoms. The fourth-order valence-electron chi connectivity index (χ4n) is 4.39. The molecule has 0 saturated carbocycles. The molecule has 3 N–H and O–H groups in total. The Morgan fingerprint density at radius 3 is 2.62 bits per heavy atom. The minimum Gasteiger partial charge on any atom is -0.480 e. The Kier molecular flexibility index (Phi) is 6.85. The average Bonchev–Trinajstić information content (AvgIpc) is 3.36. The van der Waals surface area contributed by atoms with E-state index < -0.39 is 0 Å². The summed E-state index contributed by atoms with van der Waals surface area (Å²) in [6.07, 6.45) is 5.00. The summed E-state index contributed by atoms with van der Waals surface area (Å²) in [5.41, 5.74) is 9.68. The van der Waals surface area contributed by atoms with Gasteiger partial charge < -0.3 is 15.8 Å². The number of aryl methyl sites for hydroxylation is 1. The molecule has 39 heavy (non-hydrogen) atoms. The first-order valence-corrected chi connectivity index (χ1v) is 12.2. The van der Waals surface area contributed by atoms with Crippen molar-refractivity contribution in [3.8, 4) is 23.4 Å². The lowest BCUT2D eigenvalue weighted by atomic mass is 10.0. The Balaban J connectivity index is 1.62. The number of benzene rings is 2. The van der Waals surface area contributed by atoms with Gasteiger partial charge in [0.2, 0.25) is 5.88 Å². The normalized spacial score (nSPS) is 11.5. The van der Waals surface area contributed by atoms with Crippen LogP contribution in [0.25, 0.3) is 22.2 Å². The second kappa shape index (κ2) is 10.6. The summed E-state index contributed by atoms with van der Waals surface area (Å²) in [5.74, 6) is 6.79. The van der Waals surface area contributed by atoms with Crippen LogP contribution in [0.5, 0.6) is 5.88 Å². The molecule has 0 fully saturated rings. The topological polar surface area (TPSA) is 113 Å². The van der Waals surface area contributed by atoms with Crippen LogP contribution in [0, 0.1) is 11.8 Å². The summed E-state index contributed by atoms with van der Waals surface area (Å²) in [6, 6.07) is 16.8. The van der Waals surface area contributed by atoms with E-state index in [0.717, 1.165) is 22.3 Å². The van der Waals surface area contributed by atoms with Gasteiger partial charge >= 0.3 is 0 Å². The van der Waals surface area contributed by atoms with Crippen molar-refractivity contribution < 1.29 is 4.74 Å². The molecule has 1 atom stereocenters. The van der Waals surface area contributed by atoms with Crippen molar-refractivity contribution in [1.82, 2.24) is 29.6 Å². The van der Waals surface area contributed by atoms with E-state index in [1.54, 1.807) is 15.4 Å². The van der Waals surface area contributed by atoms with Crippen molar-refractivity contribution in [1.29, 1.82) is 0 Å². The number of anilines is 1. The molecule has 3 heterocycles. The molecule has 2 aromatic carbocycles. The van der Waals surface area contributed by atoms with Gasteiger partial charge in [0.15, 0.2) is 5.82 Å². The number of nitrogens with zero attached hydrogens (tertiary/aromatic N) is 5. The van der Waals surface area contributed by atoms with Gasteiger partial charge in [-0.2, -0.15) is 10.1 Å². The van der Waals surface area contributed by atoms with Gasteiger partial charge in [0.05, 0.1) is 42.2 Å². The number of nitrogens with two attached hydrogens (primary N) is 1. The molecule has 5 rings (SSSR count). The van der Waals surface area contributed by atoms with Crippen molar-refractivity contribution in [2.24, 2.45) is 7.05 Å². The maximum atomic E-state index is 14.1. The van der Waals surface area contributed by atoms with Crippen LogP contribution < -0.4 is 21.3 Å². The third-order valence-electron chi connectivity index (χ3n) is 6.24. The highest BCUT2D eigenvalue weighted by Gasteiger charge is 2.19. The van der Waals surface area contributed by atoms with E-state index in [4.69, 9.17) is 10.5 Å². The fraction of sp³-hybridized carbons (Fsp3) is 0.133. The number of hydrogen-bond donors (Lipinski definition) is 2. The lowest BCUT2D eigenvalue weighted by molar-refractivity contribution is 0.396. The Morgan fingerprint density at radius 1 is 1.13 bits per heavy atom. The quantitative estimate of drug-likeness (QED) is 0.329. The standard InChI is InChI=1S/C30H27N7O2/c1-19(34-20(2)28-29(31)35-26(39-4)17-32-28)25-15-23-10-8-9-22(14-13-21-16-33-36(3)18-21)27(23)30(38)37(25)24-11-6-5-7-12-24/h5-12,15-19,34H,2H2,1,3-4H3,(H2,31,35). The average molecular weight is 518 g/mol. The van der Waals surface area contributed by atoms with E-state index >= 15 is 0 Å². The summed E-state index contributed by atoms with van der Waals surface area (Å²) in [4.78, 5) is 22.7. The first kappa shape index (κ1) is 25.3. The molecule has 0 saturated heterocycles. The van der Waals surface area contributed by atoms with Crippen molar-refractivity contribution in [2.75, 3.05) is 12.8 Å². The van der Waals surface area contributed by atoms with E-state index in [-0.39, 0.29) is 17.4 Å². The highest BCUT2D eigenvalue weighted by Crippen LogP contribution is 2.25. The number of aromatic nitrogens is 5. The molecule has 5 aromatic rings. The Morgan fingerprint density at radius 2 is 1.92 bits per heavy atom. The lowest BCUT2D eigenvalue weighted by Gasteiger charge is -2.23. The second-order valence-electron chi connectivity index (χ2n) is 8.96. The number of pyridine rings is 1. The fourth-order valence-corrected chi connectivity index (χ4v) is 4.39. The lowest BCUT2D eigenvalue weighted by Crippen LogP contribution is -2.28. The first-order chi connectivity index (χ1) is 18.9. The van der Waals surface area contributed by atoms with Crippen molar-refractivity contribution in [3.05, 3.63) is 113 Å². The zero-order chi connectivity index (χ0) is 27.5. The Labute approximate surface area is 225 Å². The molecule has 0 amide bonds. The van der Waals surface area contributed by atoms with E-state index in [2.05, 4.69) is 38.8 Å². The number of hydrogen-bond acceptors (Lipinski definition) is 7. The van der Waals surface area contributed by atoms with E-state index in [0.29, 0.717) is 28.2 Å².